The van der Waals surface area contributed by atoms with Gasteiger partial charge in [-0.05, 0) is 25.9 Å². The molecular weight excluding hydrogens is 164 g/mol. The van der Waals surface area contributed by atoms with Gasteiger partial charge in [0.25, 0.3) is 0 Å². The average molecular weight is 186 g/mol. The largest absolute Gasteiger partial charge is 0.383 e. The quantitative estimate of drug-likeness (QED) is 0.429. The Morgan fingerprint density at radius 2 is 2.15 bits per heavy atom. The number of hydrogen-bond donors (Lipinski definition) is 1. The van der Waals surface area contributed by atoms with Crippen LogP contribution in [-0.2, 0) is 4.74 Å². The Bertz CT molecular complexity index is 117. The summed E-state index contributed by atoms with van der Waals surface area (Å²) in [5.41, 5.74) is 5.43. The molecule has 0 unspecified atom stereocenters. The molecule has 0 radical (unpaired) electrons. The Morgan fingerprint density at radius 3 is 2.69 bits per heavy atom. The van der Waals surface area contributed by atoms with Crippen LogP contribution in [0.15, 0.2) is 12.7 Å². The van der Waals surface area contributed by atoms with Gasteiger partial charge in [-0.1, -0.05) is 6.08 Å². The van der Waals surface area contributed by atoms with Gasteiger partial charge in [0.1, 0.15) is 0 Å². The molecule has 2 N–H and O–H groups in total. The molecule has 0 saturated heterocycles. The van der Waals surface area contributed by atoms with Gasteiger partial charge in [-0.2, -0.15) is 0 Å². The van der Waals surface area contributed by atoms with Gasteiger partial charge in [0.05, 0.1) is 6.61 Å². The molecule has 0 bridgehead atoms. The van der Waals surface area contributed by atoms with E-state index in [1.807, 2.05) is 6.08 Å². The van der Waals surface area contributed by atoms with Crippen molar-refractivity contribution in [3.05, 3.63) is 12.7 Å². The minimum Gasteiger partial charge on any atom is -0.383 e. The Morgan fingerprint density at radius 1 is 1.38 bits per heavy atom. The Kier molecular flexibility index (Phi) is 9.42. The second-order valence-electron chi connectivity index (χ2n) is 3.08. The van der Waals surface area contributed by atoms with Crippen LogP contribution in [0, 0.1) is 0 Å². The molecule has 3 nitrogen and oxygen atoms in total. The summed E-state index contributed by atoms with van der Waals surface area (Å²) in [6.07, 6.45) is 4.19. The average Bonchev–Trinajstić information content (AvgIpc) is 2.14. The molecule has 0 aliphatic heterocycles. The normalized spacial score (nSPS) is 10.7. The molecule has 0 aromatic heterocycles. The molecule has 0 heterocycles. The van der Waals surface area contributed by atoms with Crippen LogP contribution in [0.25, 0.3) is 0 Å². The summed E-state index contributed by atoms with van der Waals surface area (Å²) in [6.45, 7) is 8.31. The summed E-state index contributed by atoms with van der Waals surface area (Å²) < 4.78 is 5.02. The Hall–Kier alpha value is -0.380. The third kappa shape index (κ3) is 7.96. The number of ether oxygens (including phenoxy) is 1. The minimum atomic E-state index is 0.784. The highest BCUT2D eigenvalue weighted by Gasteiger charge is 2.00. The van der Waals surface area contributed by atoms with E-state index in [4.69, 9.17) is 10.5 Å². The molecule has 0 rings (SSSR count). The second-order valence-corrected chi connectivity index (χ2v) is 3.08. The van der Waals surface area contributed by atoms with Gasteiger partial charge < -0.3 is 10.5 Å². The first-order valence-electron chi connectivity index (χ1n) is 4.87. The zero-order valence-corrected chi connectivity index (χ0v) is 8.67. The maximum absolute atomic E-state index is 5.43. The summed E-state index contributed by atoms with van der Waals surface area (Å²) in [6, 6.07) is 0. The molecule has 0 amide bonds. The van der Waals surface area contributed by atoms with Crippen molar-refractivity contribution in [1.82, 2.24) is 4.90 Å². The lowest BCUT2D eigenvalue weighted by atomic mass is 10.3. The maximum Gasteiger partial charge on any atom is 0.0589 e. The van der Waals surface area contributed by atoms with Crippen LogP contribution in [-0.4, -0.2) is 44.8 Å². The van der Waals surface area contributed by atoms with Crippen LogP contribution in [0.3, 0.4) is 0 Å². The summed E-state index contributed by atoms with van der Waals surface area (Å²) in [7, 11) is 1.73. The Labute approximate surface area is 81.5 Å². The molecular formula is C10H22N2O. The summed E-state index contributed by atoms with van der Waals surface area (Å²) in [5.74, 6) is 0. The van der Waals surface area contributed by atoms with Gasteiger partial charge in [0.2, 0.25) is 0 Å². The molecule has 0 fully saturated rings. The van der Waals surface area contributed by atoms with E-state index in [1.165, 1.54) is 0 Å². The topological polar surface area (TPSA) is 38.5 Å². The number of rotatable bonds is 9. The zero-order chi connectivity index (χ0) is 9.94. The van der Waals surface area contributed by atoms with Crippen molar-refractivity contribution >= 4 is 0 Å². The maximum atomic E-state index is 5.43. The lowest BCUT2D eigenvalue weighted by Gasteiger charge is -2.19. The number of hydrogen-bond acceptors (Lipinski definition) is 3. The van der Waals surface area contributed by atoms with Crippen LogP contribution < -0.4 is 5.73 Å². The molecule has 3 heteroatoms. The van der Waals surface area contributed by atoms with Gasteiger partial charge in [0, 0.05) is 20.2 Å². The molecule has 0 aromatic rings. The first kappa shape index (κ1) is 12.6. The first-order valence-corrected chi connectivity index (χ1v) is 4.87. The van der Waals surface area contributed by atoms with E-state index in [9.17, 15) is 0 Å². The van der Waals surface area contributed by atoms with E-state index in [0.717, 1.165) is 45.6 Å². The van der Waals surface area contributed by atoms with Crippen LogP contribution in [0.5, 0.6) is 0 Å². The van der Waals surface area contributed by atoms with E-state index in [2.05, 4.69) is 11.5 Å². The van der Waals surface area contributed by atoms with E-state index >= 15 is 0 Å². The van der Waals surface area contributed by atoms with Crippen molar-refractivity contribution in [2.24, 2.45) is 5.73 Å². The van der Waals surface area contributed by atoms with Crippen molar-refractivity contribution in [1.29, 1.82) is 0 Å². The first-order chi connectivity index (χ1) is 6.35. The molecule has 0 saturated carbocycles. The van der Waals surface area contributed by atoms with Crippen molar-refractivity contribution in [2.75, 3.05) is 39.9 Å². The fraction of sp³-hybridized carbons (Fsp3) is 0.800. The molecule has 0 spiro atoms. The third-order valence-electron chi connectivity index (χ3n) is 1.93. The fourth-order valence-corrected chi connectivity index (χ4v) is 1.18. The van der Waals surface area contributed by atoms with Crippen LogP contribution in [0.1, 0.15) is 12.8 Å². The van der Waals surface area contributed by atoms with E-state index in [-0.39, 0.29) is 0 Å². The molecule has 13 heavy (non-hydrogen) atoms. The smallest absolute Gasteiger partial charge is 0.0589 e. The van der Waals surface area contributed by atoms with Gasteiger partial charge in [0.15, 0.2) is 0 Å². The minimum absolute atomic E-state index is 0.784. The van der Waals surface area contributed by atoms with Crippen molar-refractivity contribution < 1.29 is 4.74 Å². The van der Waals surface area contributed by atoms with Crippen molar-refractivity contribution in [2.45, 2.75) is 12.8 Å². The monoisotopic (exact) mass is 186 g/mol. The standard InChI is InChI=1S/C10H22N2O/c1-3-7-12(9-10-13-2)8-5-4-6-11/h3H,1,4-11H2,2H3. The van der Waals surface area contributed by atoms with Gasteiger partial charge in [-0.25, -0.2) is 0 Å². The number of nitrogens with zero attached hydrogens (tertiary/aromatic N) is 1. The van der Waals surface area contributed by atoms with Crippen molar-refractivity contribution in [3.8, 4) is 0 Å². The fourth-order valence-electron chi connectivity index (χ4n) is 1.18. The summed E-state index contributed by atoms with van der Waals surface area (Å²) in [5, 5.41) is 0. The van der Waals surface area contributed by atoms with Crippen LogP contribution in [0.2, 0.25) is 0 Å². The highest BCUT2D eigenvalue weighted by molar-refractivity contribution is 4.73. The van der Waals surface area contributed by atoms with Crippen molar-refractivity contribution in [3.63, 3.8) is 0 Å². The Balaban J connectivity index is 3.47. The number of nitrogens with two attached hydrogens (primary N) is 1. The SMILES string of the molecule is C=CCN(CCCCN)CCOC. The summed E-state index contributed by atoms with van der Waals surface area (Å²) in [4.78, 5) is 2.33. The lowest BCUT2D eigenvalue weighted by molar-refractivity contribution is 0.153. The lowest BCUT2D eigenvalue weighted by Crippen LogP contribution is -2.29. The number of unbranched alkanes of at least 4 members (excludes halogenated alkanes) is 1. The predicted octanol–water partition coefficient (Wildman–Crippen LogP) is 0.860. The number of methoxy groups -OCH3 is 1. The molecule has 0 atom stereocenters. The van der Waals surface area contributed by atoms with E-state index in [0.29, 0.717) is 0 Å². The molecule has 78 valence electrons. The van der Waals surface area contributed by atoms with Gasteiger partial charge in [-0.15, -0.1) is 6.58 Å². The molecule has 0 aromatic carbocycles. The summed E-state index contributed by atoms with van der Waals surface area (Å²) >= 11 is 0. The zero-order valence-electron chi connectivity index (χ0n) is 8.67. The predicted molar refractivity (Wildman–Crippen MR) is 56.8 cm³/mol. The van der Waals surface area contributed by atoms with Crippen LogP contribution in [0.4, 0.5) is 0 Å². The second kappa shape index (κ2) is 9.71. The molecule has 0 aliphatic rings. The highest BCUT2D eigenvalue weighted by Crippen LogP contribution is 1.94. The molecule has 0 aliphatic carbocycles. The third-order valence-corrected chi connectivity index (χ3v) is 1.93. The highest BCUT2D eigenvalue weighted by atomic mass is 16.5. The van der Waals surface area contributed by atoms with Crippen LogP contribution >= 0.6 is 0 Å². The van der Waals surface area contributed by atoms with E-state index < -0.39 is 0 Å². The van der Waals surface area contributed by atoms with E-state index in [1.54, 1.807) is 7.11 Å². The van der Waals surface area contributed by atoms with Gasteiger partial charge in [-0.3, -0.25) is 4.90 Å². The van der Waals surface area contributed by atoms with Gasteiger partial charge >= 0.3 is 0 Å².